The molecule has 4 aromatic rings. The molecule has 13 heteroatoms. The van der Waals surface area contributed by atoms with Crippen LogP contribution in [0.3, 0.4) is 0 Å². The lowest BCUT2D eigenvalue weighted by molar-refractivity contribution is -0.137. The summed E-state index contributed by atoms with van der Waals surface area (Å²) in [5.41, 5.74) is -0.0948. The smallest absolute Gasteiger partial charge is 0.416 e. The number of aryl methyl sites for hydroxylation is 1. The normalized spacial score (nSPS) is 12.3. The largest absolute Gasteiger partial charge is 0.487 e. The van der Waals surface area contributed by atoms with Crippen molar-refractivity contribution in [2.75, 3.05) is 5.75 Å². The monoisotopic (exact) mass is 536 g/mol. The molecule has 0 saturated carbocycles. The van der Waals surface area contributed by atoms with Gasteiger partial charge in [-0.3, -0.25) is 4.68 Å². The van der Waals surface area contributed by atoms with Gasteiger partial charge in [0.15, 0.2) is 9.84 Å². The third-order valence-corrected chi connectivity index (χ3v) is 6.68. The molecule has 8 nitrogen and oxygen atoms in total. The molecule has 0 bridgehead atoms. The summed E-state index contributed by atoms with van der Waals surface area (Å²) >= 11 is 0. The molecule has 194 valence electrons. The van der Waals surface area contributed by atoms with Crippen LogP contribution in [-0.2, 0) is 34.9 Å². The van der Waals surface area contributed by atoms with Crippen molar-refractivity contribution in [2.45, 2.75) is 25.1 Å². The van der Waals surface area contributed by atoms with Gasteiger partial charge in [-0.1, -0.05) is 23.4 Å². The molecule has 0 fully saturated rings. The van der Waals surface area contributed by atoms with E-state index >= 15 is 0 Å². The number of sulfone groups is 1. The lowest BCUT2D eigenvalue weighted by atomic mass is 10.1. The van der Waals surface area contributed by atoms with Gasteiger partial charge in [0.2, 0.25) is 5.89 Å². The van der Waals surface area contributed by atoms with E-state index in [0.717, 1.165) is 12.1 Å². The summed E-state index contributed by atoms with van der Waals surface area (Å²) in [6, 6.07) is 8.81. The highest BCUT2D eigenvalue weighted by Crippen LogP contribution is 2.30. The number of ether oxygens (including phenoxy) is 1. The molecule has 0 radical (unpaired) electrons. The zero-order valence-electron chi connectivity index (χ0n) is 19.1. The second-order valence-corrected chi connectivity index (χ2v) is 10.1. The lowest BCUT2D eigenvalue weighted by Gasteiger charge is -2.07. The van der Waals surface area contributed by atoms with Crippen LogP contribution in [0.1, 0.15) is 28.3 Å². The summed E-state index contributed by atoms with van der Waals surface area (Å²) in [6.45, 7) is 0.263. The highest BCUT2D eigenvalue weighted by molar-refractivity contribution is 7.90. The lowest BCUT2D eigenvalue weighted by Crippen LogP contribution is -2.15. The SMILES string of the molecule is O=S(=O)(CCn1ccnn1)Cc1ccc(OCc2coc(/C=C/c3ccc(C(F)(F)F)cc3F)n2)cc1. The third-order valence-electron chi connectivity index (χ3n) is 5.10. The van der Waals surface area contributed by atoms with Crippen molar-refractivity contribution in [1.29, 1.82) is 0 Å². The van der Waals surface area contributed by atoms with Crippen molar-refractivity contribution >= 4 is 22.0 Å². The first-order valence-electron chi connectivity index (χ1n) is 10.8. The molecule has 0 aliphatic heterocycles. The van der Waals surface area contributed by atoms with E-state index in [0.29, 0.717) is 23.1 Å². The van der Waals surface area contributed by atoms with Gasteiger partial charge < -0.3 is 9.15 Å². The molecule has 0 amide bonds. The van der Waals surface area contributed by atoms with Crippen LogP contribution in [0.4, 0.5) is 17.6 Å². The van der Waals surface area contributed by atoms with Crippen LogP contribution in [0, 0.1) is 5.82 Å². The molecule has 0 saturated heterocycles. The number of rotatable bonds is 10. The fourth-order valence-electron chi connectivity index (χ4n) is 3.22. The van der Waals surface area contributed by atoms with Crippen molar-refractivity contribution in [3.8, 4) is 5.75 Å². The maximum absolute atomic E-state index is 14.0. The van der Waals surface area contributed by atoms with E-state index < -0.39 is 27.4 Å². The van der Waals surface area contributed by atoms with Crippen LogP contribution in [0.25, 0.3) is 12.2 Å². The van der Waals surface area contributed by atoms with Gasteiger partial charge in [0.05, 0.1) is 29.8 Å². The van der Waals surface area contributed by atoms with Crippen molar-refractivity contribution in [1.82, 2.24) is 20.0 Å². The standard InChI is InChI=1S/C24H20F4N4O4S/c25-22-13-19(24(26,27)28)5-3-18(22)4-8-23-30-20(15-36-23)14-35-21-6-1-17(2-7-21)16-37(33,34)12-11-32-10-9-29-31-32/h1-10,13,15H,11-12,14,16H2/b8-4+. The number of benzene rings is 2. The Morgan fingerprint density at radius 2 is 1.86 bits per heavy atom. The molecular weight excluding hydrogens is 516 g/mol. The minimum atomic E-state index is -4.63. The molecule has 0 unspecified atom stereocenters. The summed E-state index contributed by atoms with van der Waals surface area (Å²) < 4.78 is 88.9. The van der Waals surface area contributed by atoms with Gasteiger partial charge in [-0.25, -0.2) is 17.8 Å². The van der Waals surface area contributed by atoms with Crippen molar-refractivity contribution in [3.05, 3.63) is 95.2 Å². The van der Waals surface area contributed by atoms with E-state index in [9.17, 15) is 26.0 Å². The number of oxazole rings is 1. The fourth-order valence-corrected chi connectivity index (χ4v) is 4.52. The Bertz CT molecular complexity index is 1470. The van der Waals surface area contributed by atoms with E-state index in [2.05, 4.69) is 15.3 Å². The second-order valence-electron chi connectivity index (χ2n) is 7.94. The minimum absolute atomic E-state index is 0.0432. The Kier molecular flexibility index (Phi) is 7.71. The molecular formula is C24H20F4N4O4S. The molecule has 2 heterocycles. The van der Waals surface area contributed by atoms with Gasteiger partial charge >= 0.3 is 6.18 Å². The van der Waals surface area contributed by atoms with Crippen molar-refractivity contribution in [2.24, 2.45) is 0 Å². The van der Waals surface area contributed by atoms with E-state index in [1.807, 2.05) is 0 Å². The predicted molar refractivity (Wildman–Crippen MR) is 125 cm³/mol. The molecule has 0 spiro atoms. The number of nitrogens with zero attached hydrogens (tertiary/aromatic N) is 4. The van der Waals surface area contributed by atoms with Crippen LogP contribution < -0.4 is 4.74 Å². The molecule has 4 rings (SSSR count). The maximum atomic E-state index is 14.0. The topological polar surface area (TPSA) is 100 Å². The second kappa shape index (κ2) is 10.9. The predicted octanol–water partition coefficient (Wildman–Crippen LogP) is 4.79. The molecule has 0 aliphatic rings. The van der Waals surface area contributed by atoms with Gasteiger partial charge in [-0.05, 0) is 35.9 Å². The fraction of sp³-hybridized carbons (Fsp3) is 0.208. The molecule has 0 aliphatic carbocycles. The third kappa shape index (κ3) is 7.49. The van der Waals surface area contributed by atoms with Crippen molar-refractivity contribution in [3.63, 3.8) is 0 Å². The average Bonchev–Trinajstić information content (AvgIpc) is 3.53. The van der Waals surface area contributed by atoms with Gasteiger partial charge in [0, 0.05) is 17.8 Å². The molecule has 0 atom stereocenters. The summed E-state index contributed by atoms with van der Waals surface area (Å²) in [7, 11) is -3.34. The zero-order chi connectivity index (χ0) is 26.5. The highest BCUT2D eigenvalue weighted by Gasteiger charge is 2.31. The van der Waals surface area contributed by atoms with E-state index in [4.69, 9.17) is 9.15 Å². The average molecular weight is 537 g/mol. The van der Waals surface area contributed by atoms with E-state index in [-0.39, 0.29) is 36.1 Å². The summed E-state index contributed by atoms with van der Waals surface area (Å²) in [5.74, 6) is -0.614. The number of aromatic nitrogens is 4. The Morgan fingerprint density at radius 1 is 1.08 bits per heavy atom. The maximum Gasteiger partial charge on any atom is 0.416 e. The van der Waals surface area contributed by atoms with Crippen molar-refractivity contribution < 1.29 is 35.1 Å². The summed E-state index contributed by atoms with van der Waals surface area (Å²) in [5, 5.41) is 7.38. The molecule has 2 aromatic heterocycles. The molecule has 2 aromatic carbocycles. The highest BCUT2D eigenvalue weighted by atomic mass is 32.2. The first-order valence-corrected chi connectivity index (χ1v) is 12.6. The molecule has 37 heavy (non-hydrogen) atoms. The van der Waals surface area contributed by atoms with Crippen LogP contribution in [-0.4, -0.2) is 34.1 Å². The Balaban J connectivity index is 1.28. The minimum Gasteiger partial charge on any atom is -0.487 e. The Hall–Kier alpha value is -4.00. The number of hydrogen-bond acceptors (Lipinski definition) is 7. The van der Waals surface area contributed by atoms with E-state index in [1.165, 1.54) is 29.3 Å². The van der Waals surface area contributed by atoms with Crippen LogP contribution in [0.5, 0.6) is 5.75 Å². The Labute approximate surface area is 209 Å². The summed E-state index contributed by atoms with van der Waals surface area (Å²) in [6.07, 6.45) is 2.36. The zero-order valence-corrected chi connectivity index (χ0v) is 19.9. The van der Waals surface area contributed by atoms with E-state index in [1.54, 1.807) is 30.5 Å². The van der Waals surface area contributed by atoms with Crippen LogP contribution >= 0.6 is 0 Å². The van der Waals surface area contributed by atoms with Gasteiger partial charge in [0.1, 0.15) is 30.1 Å². The van der Waals surface area contributed by atoms with Gasteiger partial charge in [-0.15, -0.1) is 5.10 Å². The van der Waals surface area contributed by atoms with Crippen LogP contribution in [0.15, 0.2) is 65.5 Å². The van der Waals surface area contributed by atoms with Gasteiger partial charge in [0.25, 0.3) is 0 Å². The van der Waals surface area contributed by atoms with Gasteiger partial charge in [-0.2, -0.15) is 13.2 Å². The molecule has 0 N–H and O–H groups in total. The summed E-state index contributed by atoms with van der Waals surface area (Å²) in [4.78, 5) is 4.16. The first kappa shape index (κ1) is 26.1. The number of alkyl halides is 3. The number of hydrogen-bond donors (Lipinski definition) is 0. The Morgan fingerprint density at radius 3 is 2.54 bits per heavy atom. The first-order chi connectivity index (χ1) is 17.6. The van der Waals surface area contributed by atoms with Crippen LogP contribution in [0.2, 0.25) is 0 Å². The quantitative estimate of drug-likeness (QED) is 0.269. The number of halogens is 4.